The zero-order valence-electron chi connectivity index (χ0n) is 18.4. The number of hydrogen-bond acceptors (Lipinski definition) is 6. The normalized spacial score (nSPS) is 14.8. The molecule has 8 nitrogen and oxygen atoms in total. The van der Waals surface area contributed by atoms with E-state index in [1.165, 1.54) is 23.5 Å². The molecule has 0 unspecified atom stereocenters. The van der Waals surface area contributed by atoms with Crippen LogP contribution in [0.2, 0.25) is 0 Å². The summed E-state index contributed by atoms with van der Waals surface area (Å²) in [5, 5.41) is 6.37. The summed E-state index contributed by atoms with van der Waals surface area (Å²) in [4.78, 5) is 34.8. The first kappa shape index (κ1) is 21.5. The highest BCUT2D eigenvalue weighted by Gasteiger charge is 2.27. The Morgan fingerprint density at radius 1 is 1.12 bits per heavy atom. The molecule has 0 atom stereocenters. The van der Waals surface area contributed by atoms with Crippen LogP contribution in [0.25, 0.3) is 10.6 Å². The minimum atomic E-state index is -0.315. The van der Waals surface area contributed by atoms with Gasteiger partial charge in [0.25, 0.3) is 11.5 Å². The average Bonchev–Trinajstić information content (AvgIpc) is 3.39. The lowest BCUT2D eigenvalue weighted by Crippen LogP contribution is -2.48. The smallest absolute Gasteiger partial charge is 0.258 e. The van der Waals surface area contributed by atoms with Gasteiger partial charge in [0, 0.05) is 50.4 Å². The van der Waals surface area contributed by atoms with Crippen molar-refractivity contribution in [2.24, 2.45) is 0 Å². The van der Waals surface area contributed by atoms with Crippen LogP contribution in [0.15, 0.2) is 46.7 Å². The Bertz CT molecular complexity index is 1380. The third kappa shape index (κ3) is 4.07. The van der Waals surface area contributed by atoms with Gasteiger partial charge in [0.15, 0.2) is 4.96 Å². The molecule has 0 bridgehead atoms. The van der Waals surface area contributed by atoms with E-state index in [0.717, 1.165) is 11.4 Å². The molecule has 0 aliphatic carbocycles. The number of fused-ring (bicyclic) bond motifs is 1. The molecule has 0 radical (unpaired) electrons. The van der Waals surface area contributed by atoms with E-state index in [1.54, 1.807) is 33.5 Å². The fraction of sp³-hybridized carbons (Fsp3) is 0.304. The van der Waals surface area contributed by atoms with Crippen LogP contribution in [0, 0.1) is 19.7 Å². The van der Waals surface area contributed by atoms with Crippen molar-refractivity contribution in [3.63, 3.8) is 0 Å². The lowest BCUT2D eigenvalue weighted by molar-refractivity contribution is 0.0625. The van der Waals surface area contributed by atoms with Crippen molar-refractivity contribution in [3.05, 3.63) is 80.7 Å². The Kier molecular flexibility index (Phi) is 5.55. The summed E-state index contributed by atoms with van der Waals surface area (Å²) in [7, 11) is 0. The maximum absolute atomic E-state index is 13.3. The summed E-state index contributed by atoms with van der Waals surface area (Å²) in [5.74, 6) is -0.362. The molecule has 4 heterocycles. The summed E-state index contributed by atoms with van der Waals surface area (Å²) in [5.41, 5.74) is 3.36. The van der Waals surface area contributed by atoms with Gasteiger partial charge in [-0.15, -0.1) is 11.3 Å². The van der Waals surface area contributed by atoms with E-state index in [1.807, 2.05) is 24.1 Å². The van der Waals surface area contributed by atoms with Gasteiger partial charge in [-0.1, -0.05) is 0 Å². The maximum atomic E-state index is 13.3. The highest BCUT2D eigenvalue weighted by Crippen LogP contribution is 2.21. The van der Waals surface area contributed by atoms with Gasteiger partial charge in [-0.3, -0.25) is 18.9 Å². The largest absolute Gasteiger partial charge is 0.336 e. The van der Waals surface area contributed by atoms with Gasteiger partial charge in [-0.25, -0.2) is 14.1 Å². The van der Waals surface area contributed by atoms with Gasteiger partial charge in [0.05, 0.1) is 28.3 Å². The minimum Gasteiger partial charge on any atom is -0.336 e. The number of halogens is 1. The van der Waals surface area contributed by atoms with Gasteiger partial charge in [-0.05, 0) is 38.1 Å². The Morgan fingerprint density at radius 2 is 1.85 bits per heavy atom. The van der Waals surface area contributed by atoms with Gasteiger partial charge in [0.2, 0.25) is 0 Å². The molecule has 0 N–H and O–H groups in total. The molecule has 0 saturated carbocycles. The van der Waals surface area contributed by atoms with E-state index < -0.39 is 0 Å². The van der Waals surface area contributed by atoms with E-state index in [9.17, 15) is 14.0 Å². The molecule has 4 aromatic rings. The molecule has 0 spiro atoms. The summed E-state index contributed by atoms with van der Waals surface area (Å²) in [6, 6.07) is 7.64. The van der Waals surface area contributed by atoms with E-state index >= 15 is 0 Å². The number of hydrogen-bond donors (Lipinski definition) is 0. The van der Waals surface area contributed by atoms with Crippen LogP contribution in [0.5, 0.6) is 0 Å². The van der Waals surface area contributed by atoms with Crippen molar-refractivity contribution < 1.29 is 9.18 Å². The quantitative estimate of drug-likeness (QED) is 0.462. The fourth-order valence-corrected chi connectivity index (χ4v) is 4.99. The maximum Gasteiger partial charge on any atom is 0.258 e. The molecule has 1 amide bonds. The fourth-order valence-electron chi connectivity index (χ4n) is 4.25. The standard InChI is InChI=1S/C23H23FN6O2S/c1-15-21(16(2)30(26-15)19-5-3-17(24)4-6-19)22(32)28-9-7-27(8-10-28)14-18-13-20(31)29-11-12-33-23(29)25-18/h3-6,11-13H,7-10,14H2,1-2H3. The van der Waals surface area contributed by atoms with Gasteiger partial charge in [-0.2, -0.15) is 5.10 Å². The zero-order valence-corrected chi connectivity index (χ0v) is 19.2. The van der Waals surface area contributed by atoms with Crippen LogP contribution in [0.3, 0.4) is 0 Å². The molecule has 33 heavy (non-hydrogen) atoms. The third-order valence-electron chi connectivity index (χ3n) is 5.98. The number of rotatable bonds is 4. The van der Waals surface area contributed by atoms with E-state index in [4.69, 9.17) is 0 Å². The topological polar surface area (TPSA) is 75.7 Å². The number of carbonyl (C=O) groups excluding carboxylic acids is 1. The molecular weight excluding hydrogens is 443 g/mol. The van der Waals surface area contributed by atoms with E-state index in [2.05, 4.69) is 15.0 Å². The van der Waals surface area contributed by atoms with Gasteiger partial charge < -0.3 is 4.90 Å². The number of benzene rings is 1. The predicted molar refractivity (Wildman–Crippen MR) is 124 cm³/mol. The number of thiazole rings is 1. The second-order valence-corrected chi connectivity index (χ2v) is 9.02. The highest BCUT2D eigenvalue weighted by atomic mass is 32.1. The van der Waals surface area contributed by atoms with Crippen LogP contribution in [0.4, 0.5) is 4.39 Å². The molecule has 1 saturated heterocycles. The molecule has 170 valence electrons. The zero-order chi connectivity index (χ0) is 23.1. The molecule has 10 heteroatoms. The summed E-state index contributed by atoms with van der Waals surface area (Å²) >= 11 is 1.44. The number of carbonyl (C=O) groups is 1. The molecule has 1 fully saturated rings. The number of aromatic nitrogens is 4. The van der Waals surface area contributed by atoms with Crippen LogP contribution in [-0.4, -0.2) is 61.1 Å². The lowest BCUT2D eigenvalue weighted by atomic mass is 10.1. The van der Waals surface area contributed by atoms with Gasteiger partial charge >= 0.3 is 0 Å². The molecule has 5 rings (SSSR count). The number of piperazine rings is 1. The van der Waals surface area contributed by atoms with E-state index in [0.29, 0.717) is 54.6 Å². The Hall–Kier alpha value is -3.37. The second-order valence-electron chi connectivity index (χ2n) is 8.14. The van der Waals surface area contributed by atoms with Crippen molar-refractivity contribution in [2.45, 2.75) is 20.4 Å². The van der Waals surface area contributed by atoms with E-state index in [-0.39, 0.29) is 17.3 Å². The number of nitrogens with zero attached hydrogens (tertiary/aromatic N) is 6. The van der Waals surface area contributed by atoms with Gasteiger partial charge in [0.1, 0.15) is 5.82 Å². The Labute approximate surface area is 193 Å². The molecule has 1 aliphatic rings. The summed E-state index contributed by atoms with van der Waals surface area (Å²) < 4.78 is 16.5. The van der Waals surface area contributed by atoms with Crippen molar-refractivity contribution in [2.75, 3.05) is 26.2 Å². The van der Waals surface area contributed by atoms with Crippen molar-refractivity contribution >= 4 is 22.2 Å². The number of aryl methyl sites for hydroxylation is 1. The van der Waals surface area contributed by atoms with Crippen molar-refractivity contribution in [3.8, 4) is 5.69 Å². The molecule has 1 aromatic carbocycles. The monoisotopic (exact) mass is 466 g/mol. The SMILES string of the molecule is Cc1nn(-c2ccc(F)cc2)c(C)c1C(=O)N1CCN(Cc2cc(=O)n3ccsc3n2)CC1. The summed E-state index contributed by atoms with van der Waals surface area (Å²) in [6.45, 7) is 6.81. The first-order chi connectivity index (χ1) is 15.9. The third-order valence-corrected chi connectivity index (χ3v) is 6.73. The number of amides is 1. The minimum absolute atomic E-state index is 0.0469. The average molecular weight is 467 g/mol. The molecular formula is C23H23FN6O2S. The Balaban J connectivity index is 1.28. The molecule has 1 aliphatic heterocycles. The van der Waals surface area contributed by atoms with Crippen molar-refractivity contribution in [1.29, 1.82) is 0 Å². The van der Waals surface area contributed by atoms with Crippen LogP contribution < -0.4 is 5.56 Å². The molecule has 3 aromatic heterocycles. The second kappa shape index (κ2) is 8.53. The predicted octanol–water partition coefficient (Wildman–Crippen LogP) is 2.66. The first-order valence-corrected chi connectivity index (χ1v) is 11.6. The van der Waals surface area contributed by atoms with Crippen molar-refractivity contribution in [1.82, 2.24) is 29.0 Å². The highest BCUT2D eigenvalue weighted by molar-refractivity contribution is 7.15. The van der Waals surface area contributed by atoms with Crippen LogP contribution in [0.1, 0.15) is 27.4 Å². The Morgan fingerprint density at radius 3 is 2.58 bits per heavy atom. The van der Waals surface area contributed by atoms with Crippen LogP contribution in [-0.2, 0) is 6.54 Å². The summed E-state index contributed by atoms with van der Waals surface area (Å²) in [6.07, 6.45) is 1.73. The lowest BCUT2D eigenvalue weighted by Gasteiger charge is -2.34. The first-order valence-electron chi connectivity index (χ1n) is 10.7. The van der Waals surface area contributed by atoms with Crippen LogP contribution >= 0.6 is 11.3 Å².